The Hall–Kier alpha value is -0.700. The van der Waals surface area contributed by atoms with Gasteiger partial charge in [-0.25, -0.2) is 0 Å². The van der Waals surface area contributed by atoms with Crippen LogP contribution in [0.2, 0.25) is 0 Å². The van der Waals surface area contributed by atoms with E-state index >= 15 is 0 Å². The minimum absolute atomic E-state index is 0.215. The molecular weight excluding hydrogens is 274 g/mol. The van der Waals surface area contributed by atoms with Crippen LogP contribution in [0.15, 0.2) is 35.9 Å². The van der Waals surface area contributed by atoms with Gasteiger partial charge in [0.2, 0.25) is 0 Å². The second-order valence-electron chi connectivity index (χ2n) is 3.84. The summed E-state index contributed by atoms with van der Waals surface area (Å²) in [5.41, 5.74) is 2.64. The maximum Gasteiger partial charge on any atom is 0.270 e. The van der Waals surface area contributed by atoms with Gasteiger partial charge in [0.05, 0.1) is 0 Å². The van der Waals surface area contributed by atoms with Crippen LogP contribution in [0, 0.1) is 6.92 Å². The molecule has 0 heterocycles. The number of alkyl halides is 1. The average Bonchev–Trinajstić information content (AvgIpc) is 2.26. The molecule has 0 aromatic heterocycles. The van der Waals surface area contributed by atoms with Crippen molar-refractivity contribution in [1.29, 1.82) is 0 Å². The molecule has 88 valence electrons. The predicted octanol–water partition coefficient (Wildman–Crippen LogP) is 4.86. The van der Waals surface area contributed by atoms with Crippen LogP contribution >= 0.6 is 15.9 Å². The highest BCUT2D eigenvalue weighted by Crippen LogP contribution is 2.18. The third kappa shape index (κ3) is 4.44. The maximum atomic E-state index is 12.3. The first-order valence-electron chi connectivity index (χ1n) is 5.28. The van der Waals surface area contributed by atoms with Gasteiger partial charge in [-0.3, -0.25) is 0 Å². The van der Waals surface area contributed by atoms with Crippen molar-refractivity contribution in [2.24, 2.45) is 0 Å². The monoisotopic (exact) mass is 288 g/mol. The van der Waals surface area contributed by atoms with E-state index in [4.69, 9.17) is 0 Å². The molecule has 0 spiro atoms. The van der Waals surface area contributed by atoms with E-state index in [2.05, 4.69) is 28.1 Å². The largest absolute Gasteiger partial charge is 0.270 e. The molecule has 1 rings (SSSR count). The van der Waals surface area contributed by atoms with Gasteiger partial charge < -0.3 is 0 Å². The normalized spacial score (nSPS) is 10.2. The van der Waals surface area contributed by atoms with Crippen LogP contribution in [0.5, 0.6) is 0 Å². The van der Waals surface area contributed by atoms with Crippen molar-refractivity contribution in [3.63, 3.8) is 0 Å². The molecule has 0 saturated carbocycles. The Morgan fingerprint density at radius 1 is 1.19 bits per heavy atom. The van der Waals surface area contributed by atoms with Crippen molar-refractivity contribution in [3.8, 4) is 0 Å². The molecule has 0 atom stereocenters. The van der Waals surface area contributed by atoms with Gasteiger partial charge in [-0.1, -0.05) is 45.8 Å². The van der Waals surface area contributed by atoms with E-state index in [-0.39, 0.29) is 10.9 Å². The van der Waals surface area contributed by atoms with Gasteiger partial charge in [-0.15, -0.1) is 0 Å². The van der Waals surface area contributed by atoms with E-state index in [1.807, 2.05) is 19.1 Å². The lowest BCUT2D eigenvalue weighted by Gasteiger charge is -2.03. The van der Waals surface area contributed by atoms with Crippen molar-refractivity contribution in [1.82, 2.24) is 0 Å². The molecule has 0 saturated heterocycles. The number of halogens is 3. The van der Waals surface area contributed by atoms with Crippen LogP contribution in [0.4, 0.5) is 8.78 Å². The molecule has 0 radical (unpaired) electrons. The number of allylic oxidation sites excluding steroid dienone is 1. The molecular formula is C13H15BrF2. The van der Waals surface area contributed by atoms with Crippen LogP contribution in [-0.4, -0.2) is 5.33 Å². The summed E-state index contributed by atoms with van der Waals surface area (Å²) in [6.45, 7) is 2.04. The number of hydrogen-bond acceptors (Lipinski definition) is 0. The van der Waals surface area contributed by atoms with Gasteiger partial charge in [0.1, 0.15) is 0 Å². The molecule has 0 bridgehead atoms. The lowest BCUT2D eigenvalue weighted by atomic mass is 10.0. The van der Waals surface area contributed by atoms with Crippen molar-refractivity contribution < 1.29 is 8.78 Å². The molecule has 0 aliphatic heterocycles. The Bertz CT molecular complexity index is 351. The minimum atomic E-state index is -1.54. The van der Waals surface area contributed by atoms with Gasteiger partial charge in [0, 0.05) is 10.9 Å². The summed E-state index contributed by atoms with van der Waals surface area (Å²) in [6.07, 6.45) is 0.535. The molecule has 0 unspecified atom stereocenters. The SMILES string of the molecule is Cc1ccc(CCCC(CBr)=C(F)F)cc1. The summed E-state index contributed by atoms with van der Waals surface area (Å²) in [7, 11) is 0. The zero-order chi connectivity index (χ0) is 12.0. The zero-order valence-electron chi connectivity index (χ0n) is 9.27. The molecule has 1 aromatic carbocycles. The van der Waals surface area contributed by atoms with Gasteiger partial charge in [-0.2, -0.15) is 8.78 Å². The van der Waals surface area contributed by atoms with Crippen LogP contribution in [0.1, 0.15) is 24.0 Å². The molecule has 1 aromatic rings. The Morgan fingerprint density at radius 2 is 1.81 bits per heavy atom. The summed E-state index contributed by atoms with van der Waals surface area (Å²) < 4.78 is 24.7. The first-order chi connectivity index (χ1) is 7.63. The topological polar surface area (TPSA) is 0 Å². The van der Waals surface area contributed by atoms with Crippen molar-refractivity contribution in [2.75, 3.05) is 5.33 Å². The molecule has 0 amide bonds. The summed E-state index contributed by atoms with van der Waals surface area (Å²) >= 11 is 3.07. The van der Waals surface area contributed by atoms with E-state index in [1.54, 1.807) is 0 Å². The van der Waals surface area contributed by atoms with Gasteiger partial charge in [-0.05, 0) is 31.7 Å². The van der Waals surface area contributed by atoms with E-state index < -0.39 is 6.08 Å². The summed E-state index contributed by atoms with van der Waals surface area (Å²) in [6, 6.07) is 8.20. The van der Waals surface area contributed by atoms with Crippen LogP contribution in [0.3, 0.4) is 0 Å². The van der Waals surface area contributed by atoms with Crippen LogP contribution in [-0.2, 0) is 6.42 Å². The summed E-state index contributed by atoms with van der Waals surface area (Å²) in [5.74, 6) is 0. The smallest absolute Gasteiger partial charge is 0.173 e. The van der Waals surface area contributed by atoms with E-state index in [9.17, 15) is 8.78 Å². The number of benzene rings is 1. The minimum Gasteiger partial charge on any atom is -0.173 e. The lowest BCUT2D eigenvalue weighted by molar-refractivity contribution is 0.408. The van der Waals surface area contributed by atoms with E-state index in [1.165, 1.54) is 11.1 Å². The fraction of sp³-hybridized carbons (Fsp3) is 0.385. The molecule has 0 N–H and O–H groups in total. The first kappa shape index (κ1) is 13.4. The van der Waals surface area contributed by atoms with E-state index in [0.717, 1.165) is 12.8 Å². The van der Waals surface area contributed by atoms with Gasteiger partial charge in [0.15, 0.2) is 0 Å². The Balaban J connectivity index is 2.41. The summed E-state index contributed by atoms with van der Waals surface area (Å²) in [5, 5.41) is 0.267. The number of aryl methyl sites for hydroxylation is 2. The molecule has 0 aliphatic rings. The van der Waals surface area contributed by atoms with Crippen LogP contribution < -0.4 is 0 Å². The maximum absolute atomic E-state index is 12.3. The number of hydrogen-bond donors (Lipinski definition) is 0. The standard InChI is InChI=1S/C13H15BrF2/c1-10-5-7-11(8-6-10)3-2-4-12(9-14)13(15)16/h5-8H,2-4,9H2,1H3. The fourth-order valence-corrected chi connectivity index (χ4v) is 1.96. The van der Waals surface area contributed by atoms with Crippen LogP contribution in [0.25, 0.3) is 0 Å². The highest BCUT2D eigenvalue weighted by atomic mass is 79.9. The third-order valence-electron chi connectivity index (χ3n) is 2.49. The van der Waals surface area contributed by atoms with Crippen molar-refractivity contribution in [2.45, 2.75) is 26.2 Å². The predicted molar refractivity (Wildman–Crippen MR) is 67.2 cm³/mol. The van der Waals surface area contributed by atoms with Gasteiger partial charge >= 0.3 is 0 Å². The van der Waals surface area contributed by atoms with E-state index in [0.29, 0.717) is 6.42 Å². The Labute approximate surface area is 103 Å². The second kappa shape index (κ2) is 6.79. The molecule has 3 heteroatoms. The first-order valence-corrected chi connectivity index (χ1v) is 6.40. The zero-order valence-corrected chi connectivity index (χ0v) is 10.9. The second-order valence-corrected chi connectivity index (χ2v) is 4.40. The molecule has 0 fully saturated rings. The summed E-state index contributed by atoms with van der Waals surface area (Å²) in [4.78, 5) is 0. The molecule has 0 nitrogen and oxygen atoms in total. The number of rotatable bonds is 5. The third-order valence-corrected chi connectivity index (χ3v) is 3.17. The highest BCUT2D eigenvalue weighted by Gasteiger charge is 2.04. The Morgan fingerprint density at radius 3 is 2.31 bits per heavy atom. The lowest BCUT2D eigenvalue weighted by Crippen LogP contribution is -1.91. The molecule has 16 heavy (non-hydrogen) atoms. The quantitative estimate of drug-likeness (QED) is 0.679. The van der Waals surface area contributed by atoms with Gasteiger partial charge in [0.25, 0.3) is 6.08 Å². The fourth-order valence-electron chi connectivity index (χ4n) is 1.47. The highest BCUT2D eigenvalue weighted by molar-refractivity contribution is 9.09. The Kier molecular flexibility index (Phi) is 5.67. The average molecular weight is 289 g/mol. The van der Waals surface area contributed by atoms with Crippen molar-refractivity contribution >= 4 is 15.9 Å². The van der Waals surface area contributed by atoms with Crippen molar-refractivity contribution in [3.05, 3.63) is 47.0 Å². The molecule has 0 aliphatic carbocycles.